The Balaban J connectivity index is 1.20. The van der Waals surface area contributed by atoms with Crippen LogP contribution in [0.5, 0.6) is 0 Å². The number of nitrogens with zero attached hydrogens (tertiary/aromatic N) is 1. The summed E-state index contributed by atoms with van der Waals surface area (Å²) in [7, 11) is 0. The molecule has 32 heavy (non-hydrogen) atoms. The Morgan fingerprint density at radius 3 is 2.62 bits per heavy atom. The lowest BCUT2D eigenvalue weighted by Gasteiger charge is -2.21. The van der Waals surface area contributed by atoms with Crippen LogP contribution in [0, 0.1) is 23.0 Å². The van der Waals surface area contributed by atoms with Crippen molar-refractivity contribution in [2.24, 2.45) is 11.3 Å². The fraction of sp³-hybridized carbons (Fsp3) is 0.269. The van der Waals surface area contributed by atoms with E-state index in [0.717, 1.165) is 32.1 Å². The Kier molecular flexibility index (Phi) is 5.39. The Hall–Kier alpha value is -3.25. The first-order valence-electron chi connectivity index (χ1n) is 10.8. The normalized spacial score (nSPS) is 21.8. The molecule has 2 fully saturated rings. The molecular formula is C26H24F2N2O2. The fourth-order valence-electron chi connectivity index (χ4n) is 4.78. The molecule has 4 nitrogen and oxygen atoms in total. The Labute approximate surface area is 185 Å². The van der Waals surface area contributed by atoms with Gasteiger partial charge in [-0.15, -0.1) is 0 Å². The Morgan fingerprint density at radius 1 is 1.03 bits per heavy atom. The second-order valence-electron chi connectivity index (χ2n) is 8.79. The summed E-state index contributed by atoms with van der Waals surface area (Å²) in [5.41, 5.74) is 2.43. The third-order valence-electron chi connectivity index (χ3n) is 6.50. The number of hydrogen-bond acceptors (Lipinski definition) is 3. The highest BCUT2D eigenvalue weighted by molar-refractivity contribution is 5.91. The van der Waals surface area contributed by atoms with E-state index in [2.05, 4.69) is 22.3 Å². The molecular weight excluding hydrogens is 410 g/mol. The number of anilines is 1. The Bertz CT molecular complexity index is 1140. The maximum atomic E-state index is 14.3. The lowest BCUT2D eigenvalue weighted by atomic mass is 10.0. The number of benzene rings is 3. The predicted octanol–water partition coefficient (Wildman–Crippen LogP) is 5.70. The summed E-state index contributed by atoms with van der Waals surface area (Å²) in [4.78, 5) is 14.9. The summed E-state index contributed by atoms with van der Waals surface area (Å²) >= 11 is 0. The summed E-state index contributed by atoms with van der Waals surface area (Å²) in [5.74, 6) is -0.774. The van der Waals surface area contributed by atoms with E-state index < -0.39 is 17.7 Å². The number of nitrogens with one attached hydrogen (secondary N) is 1. The van der Waals surface area contributed by atoms with E-state index in [4.69, 9.17) is 4.74 Å². The SMILES string of the molecule is O=C(Nc1ccccc1-c1ccc(F)cc1F)OCC12CC1CN(Cc1ccccc1)C2. The van der Waals surface area contributed by atoms with Crippen LogP contribution in [0.15, 0.2) is 72.8 Å². The van der Waals surface area contributed by atoms with Crippen LogP contribution in [0.3, 0.4) is 0 Å². The standard InChI is InChI=1S/C26H24F2N2O2/c27-20-10-11-21(23(28)12-20)22-8-4-5-9-24(22)29-25(31)32-17-26-13-19(26)15-30(16-26)14-18-6-2-1-3-7-18/h1-12,19H,13-17H2,(H,29,31). The van der Waals surface area contributed by atoms with Crippen molar-refractivity contribution in [2.45, 2.75) is 13.0 Å². The van der Waals surface area contributed by atoms with Gasteiger partial charge in [0.15, 0.2) is 0 Å². The minimum absolute atomic E-state index is 0.0364. The zero-order chi connectivity index (χ0) is 22.1. The average Bonchev–Trinajstić information content (AvgIpc) is 3.34. The summed E-state index contributed by atoms with van der Waals surface area (Å²) < 4.78 is 33.1. The molecule has 0 aromatic heterocycles. The molecule has 1 saturated carbocycles. The van der Waals surface area contributed by atoms with E-state index in [1.807, 2.05) is 18.2 Å². The van der Waals surface area contributed by atoms with E-state index in [0.29, 0.717) is 23.8 Å². The van der Waals surface area contributed by atoms with Gasteiger partial charge in [-0.2, -0.15) is 0 Å². The lowest BCUT2D eigenvalue weighted by Crippen LogP contribution is -2.28. The van der Waals surface area contributed by atoms with Gasteiger partial charge in [0.1, 0.15) is 18.2 Å². The topological polar surface area (TPSA) is 41.6 Å². The largest absolute Gasteiger partial charge is 0.449 e. The van der Waals surface area contributed by atoms with Crippen LogP contribution in [0.25, 0.3) is 11.1 Å². The van der Waals surface area contributed by atoms with Gasteiger partial charge in [-0.3, -0.25) is 10.2 Å². The molecule has 1 aliphatic carbocycles. The molecule has 2 aliphatic rings. The number of hydrogen-bond donors (Lipinski definition) is 1. The lowest BCUT2D eigenvalue weighted by molar-refractivity contribution is 0.127. The third-order valence-corrected chi connectivity index (χ3v) is 6.50. The molecule has 1 N–H and O–H groups in total. The molecule has 0 spiro atoms. The van der Waals surface area contributed by atoms with Crippen LogP contribution in [0.2, 0.25) is 0 Å². The molecule has 2 unspecified atom stereocenters. The van der Waals surface area contributed by atoms with Crippen LogP contribution in [-0.4, -0.2) is 30.7 Å². The number of rotatable bonds is 6. The van der Waals surface area contributed by atoms with E-state index in [9.17, 15) is 13.6 Å². The summed E-state index contributed by atoms with van der Waals surface area (Å²) in [6, 6.07) is 20.6. The predicted molar refractivity (Wildman–Crippen MR) is 119 cm³/mol. The first-order chi connectivity index (χ1) is 15.5. The number of amides is 1. The molecule has 6 heteroatoms. The molecule has 1 amide bonds. The van der Waals surface area contributed by atoms with Crippen LogP contribution in [-0.2, 0) is 11.3 Å². The highest BCUT2D eigenvalue weighted by atomic mass is 19.1. The molecule has 2 atom stereocenters. The number of carbonyl (C=O) groups excluding carboxylic acids is 1. The van der Waals surface area contributed by atoms with Gasteiger partial charge in [0.25, 0.3) is 0 Å². The summed E-state index contributed by atoms with van der Waals surface area (Å²) in [5, 5.41) is 2.73. The maximum Gasteiger partial charge on any atom is 0.411 e. The number of piperidine rings is 1. The highest BCUT2D eigenvalue weighted by Gasteiger charge is 2.60. The second kappa shape index (κ2) is 8.36. The first kappa shape index (κ1) is 20.6. The summed E-state index contributed by atoms with van der Waals surface area (Å²) in [6.07, 6.45) is 0.504. The number of carbonyl (C=O) groups is 1. The molecule has 164 valence electrons. The zero-order valence-corrected chi connectivity index (χ0v) is 17.6. The van der Waals surface area contributed by atoms with Gasteiger partial charge >= 0.3 is 6.09 Å². The maximum absolute atomic E-state index is 14.3. The highest BCUT2D eigenvalue weighted by Crippen LogP contribution is 2.58. The van der Waals surface area contributed by atoms with Crippen LogP contribution in [0.4, 0.5) is 19.3 Å². The van der Waals surface area contributed by atoms with Gasteiger partial charge in [0.2, 0.25) is 0 Å². The van der Waals surface area contributed by atoms with Crippen LogP contribution < -0.4 is 5.32 Å². The van der Waals surface area contributed by atoms with Gasteiger partial charge in [-0.1, -0.05) is 48.5 Å². The summed E-state index contributed by atoms with van der Waals surface area (Å²) in [6.45, 7) is 3.20. The number of para-hydroxylation sites is 1. The number of fused-ring (bicyclic) bond motifs is 1. The van der Waals surface area contributed by atoms with E-state index in [-0.39, 0.29) is 11.0 Å². The van der Waals surface area contributed by atoms with Gasteiger partial charge in [0.05, 0.1) is 5.69 Å². The van der Waals surface area contributed by atoms with E-state index in [1.165, 1.54) is 17.7 Å². The molecule has 0 bridgehead atoms. The third kappa shape index (κ3) is 4.23. The van der Waals surface area contributed by atoms with Gasteiger partial charge in [-0.05, 0) is 36.1 Å². The smallest absolute Gasteiger partial charge is 0.411 e. The number of halogens is 2. The van der Waals surface area contributed by atoms with Crippen LogP contribution in [0.1, 0.15) is 12.0 Å². The van der Waals surface area contributed by atoms with Crippen molar-refractivity contribution in [2.75, 3.05) is 25.0 Å². The van der Waals surface area contributed by atoms with Gasteiger partial charge < -0.3 is 4.74 Å². The van der Waals surface area contributed by atoms with Gasteiger partial charge in [0, 0.05) is 42.2 Å². The monoisotopic (exact) mass is 434 g/mol. The molecule has 3 aromatic rings. The fourth-order valence-corrected chi connectivity index (χ4v) is 4.78. The van der Waals surface area contributed by atoms with Crippen molar-refractivity contribution < 1.29 is 18.3 Å². The quantitative estimate of drug-likeness (QED) is 0.541. The van der Waals surface area contributed by atoms with E-state index in [1.54, 1.807) is 24.3 Å². The molecule has 5 rings (SSSR count). The van der Waals surface area contributed by atoms with Crippen molar-refractivity contribution >= 4 is 11.8 Å². The number of likely N-dealkylation sites (tertiary alicyclic amines) is 1. The minimum Gasteiger partial charge on any atom is -0.449 e. The minimum atomic E-state index is -0.684. The van der Waals surface area contributed by atoms with Crippen LogP contribution >= 0.6 is 0 Å². The molecule has 1 saturated heterocycles. The molecule has 3 aromatic carbocycles. The van der Waals surface area contributed by atoms with Crippen molar-refractivity contribution in [3.63, 3.8) is 0 Å². The number of ether oxygens (including phenoxy) is 1. The first-order valence-corrected chi connectivity index (χ1v) is 10.8. The average molecular weight is 434 g/mol. The molecule has 1 heterocycles. The molecule has 0 radical (unpaired) electrons. The molecule has 1 aliphatic heterocycles. The zero-order valence-electron chi connectivity index (χ0n) is 17.6. The van der Waals surface area contributed by atoms with Crippen molar-refractivity contribution in [1.29, 1.82) is 0 Å². The van der Waals surface area contributed by atoms with Crippen molar-refractivity contribution in [3.8, 4) is 11.1 Å². The van der Waals surface area contributed by atoms with Gasteiger partial charge in [-0.25, -0.2) is 13.6 Å². The van der Waals surface area contributed by atoms with Crippen molar-refractivity contribution in [3.05, 3.63) is 90.0 Å². The van der Waals surface area contributed by atoms with Crippen molar-refractivity contribution in [1.82, 2.24) is 4.90 Å². The Morgan fingerprint density at radius 2 is 1.81 bits per heavy atom. The van der Waals surface area contributed by atoms with E-state index >= 15 is 0 Å². The second-order valence-corrected chi connectivity index (χ2v) is 8.79.